The average Bonchev–Trinajstić information content (AvgIpc) is 3.56. The number of aromatic nitrogens is 1. The molecule has 0 aliphatic carbocycles. The van der Waals surface area contributed by atoms with Crippen molar-refractivity contribution in [3.05, 3.63) is 47.5 Å². The molecule has 5 rings (SSSR count). The summed E-state index contributed by atoms with van der Waals surface area (Å²) in [6.07, 6.45) is 1.22. The van der Waals surface area contributed by atoms with E-state index in [1.54, 1.807) is 24.0 Å². The molecule has 3 aliphatic rings. The molecule has 0 bridgehead atoms. The van der Waals surface area contributed by atoms with Crippen LogP contribution in [0.15, 0.2) is 36.4 Å². The van der Waals surface area contributed by atoms with Crippen molar-refractivity contribution < 1.29 is 24.2 Å². The van der Waals surface area contributed by atoms with Crippen LogP contribution in [0.1, 0.15) is 29.9 Å². The third-order valence-electron chi connectivity index (χ3n) is 7.75. The van der Waals surface area contributed by atoms with E-state index in [9.17, 15) is 14.7 Å². The van der Waals surface area contributed by atoms with E-state index >= 15 is 0 Å². The number of likely N-dealkylation sites (tertiary alicyclic amines) is 1. The predicted octanol–water partition coefficient (Wildman–Crippen LogP) is 1.09. The summed E-state index contributed by atoms with van der Waals surface area (Å²) in [5.74, 6) is 1.75. The highest BCUT2D eigenvalue weighted by Crippen LogP contribution is 2.40. The molecule has 0 saturated carbocycles. The van der Waals surface area contributed by atoms with Crippen molar-refractivity contribution in [2.45, 2.75) is 30.8 Å². The third-order valence-corrected chi connectivity index (χ3v) is 7.75. The van der Waals surface area contributed by atoms with Crippen molar-refractivity contribution in [3.63, 3.8) is 0 Å². The number of anilines is 1. The number of piperidine rings is 1. The number of amides is 3. The minimum Gasteiger partial charge on any atom is -0.497 e. The molecule has 3 saturated heterocycles. The fourth-order valence-corrected chi connectivity index (χ4v) is 5.61. The Labute approximate surface area is 216 Å². The lowest BCUT2D eigenvalue weighted by Crippen LogP contribution is -2.55. The number of urea groups is 1. The smallest absolute Gasteiger partial charge is 0.326 e. The van der Waals surface area contributed by atoms with Gasteiger partial charge in [-0.3, -0.25) is 20.5 Å². The van der Waals surface area contributed by atoms with Crippen LogP contribution < -0.4 is 25.2 Å². The number of aliphatic hydroxyl groups is 1. The first-order chi connectivity index (χ1) is 18.0. The van der Waals surface area contributed by atoms with Crippen LogP contribution in [-0.4, -0.2) is 90.9 Å². The molecule has 4 heterocycles. The number of hydrogen-bond acceptors (Lipinski definition) is 8. The number of rotatable bonds is 7. The Kier molecular flexibility index (Phi) is 7.18. The second kappa shape index (κ2) is 10.5. The van der Waals surface area contributed by atoms with Crippen LogP contribution in [-0.2, 0) is 11.3 Å². The zero-order chi connectivity index (χ0) is 26.0. The van der Waals surface area contributed by atoms with Gasteiger partial charge in [0.1, 0.15) is 18.2 Å². The monoisotopic (exact) mass is 510 g/mol. The Bertz CT molecular complexity index is 1150. The number of ether oxygens (including phenoxy) is 2. The summed E-state index contributed by atoms with van der Waals surface area (Å²) in [5, 5.41) is 9.32. The standard InChI is InChI=1S/C26H34N6O5/c1-36-20-5-3-4-18(12-20)15-32-25(35)31(17-26(32)8-10-30(11-9-26)23(34)16-33)22-7-6-21(24(29-22)37-2)19-13-27-28-14-19/h3-7,12,19,27-28,33H,8-11,13-17H2,1-2H3. The maximum Gasteiger partial charge on any atom is 0.326 e. The first kappa shape index (κ1) is 25.2. The minimum absolute atomic E-state index is 0.128. The van der Waals surface area contributed by atoms with E-state index in [0.29, 0.717) is 50.7 Å². The van der Waals surface area contributed by atoms with Crippen molar-refractivity contribution >= 4 is 17.8 Å². The lowest BCUT2D eigenvalue weighted by atomic mass is 9.86. The summed E-state index contributed by atoms with van der Waals surface area (Å²) in [7, 11) is 3.22. The van der Waals surface area contributed by atoms with Crippen molar-refractivity contribution in [2.75, 3.05) is 58.5 Å². The van der Waals surface area contributed by atoms with E-state index in [1.807, 2.05) is 41.3 Å². The van der Waals surface area contributed by atoms with Gasteiger partial charge in [0.05, 0.1) is 26.3 Å². The number of nitrogens with zero attached hydrogens (tertiary/aromatic N) is 4. The van der Waals surface area contributed by atoms with Gasteiger partial charge in [0, 0.05) is 44.2 Å². The van der Waals surface area contributed by atoms with Gasteiger partial charge in [-0.25, -0.2) is 4.79 Å². The molecular formula is C26H34N6O5. The molecule has 2 aromatic rings. The Morgan fingerprint density at radius 2 is 1.89 bits per heavy atom. The van der Waals surface area contributed by atoms with Gasteiger partial charge >= 0.3 is 6.03 Å². The van der Waals surface area contributed by atoms with E-state index in [1.165, 1.54) is 0 Å². The van der Waals surface area contributed by atoms with Gasteiger partial charge in [-0.2, -0.15) is 4.98 Å². The molecule has 0 radical (unpaired) electrons. The molecule has 0 unspecified atom stereocenters. The molecule has 3 amide bonds. The number of benzene rings is 1. The number of methoxy groups -OCH3 is 2. The van der Waals surface area contributed by atoms with Gasteiger partial charge in [0.15, 0.2) is 0 Å². The van der Waals surface area contributed by atoms with Crippen molar-refractivity contribution in [3.8, 4) is 11.6 Å². The number of hydrogen-bond donors (Lipinski definition) is 3. The van der Waals surface area contributed by atoms with Gasteiger partial charge in [-0.15, -0.1) is 0 Å². The van der Waals surface area contributed by atoms with Gasteiger partial charge in [-0.1, -0.05) is 12.1 Å². The molecule has 1 aromatic heterocycles. The Hall–Kier alpha value is -3.41. The summed E-state index contributed by atoms with van der Waals surface area (Å²) in [4.78, 5) is 36.1. The highest BCUT2D eigenvalue weighted by molar-refractivity contribution is 5.94. The fraction of sp³-hybridized carbons (Fsp3) is 0.500. The zero-order valence-corrected chi connectivity index (χ0v) is 21.3. The maximum atomic E-state index is 13.9. The maximum absolute atomic E-state index is 13.9. The normalized spacial score (nSPS) is 19.6. The van der Waals surface area contributed by atoms with Crippen LogP contribution in [0.3, 0.4) is 0 Å². The molecule has 37 heavy (non-hydrogen) atoms. The summed E-state index contributed by atoms with van der Waals surface area (Å²) in [6.45, 7) is 2.88. The Morgan fingerprint density at radius 3 is 2.57 bits per heavy atom. The van der Waals surface area contributed by atoms with Crippen LogP contribution in [0.5, 0.6) is 11.6 Å². The average molecular weight is 511 g/mol. The summed E-state index contributed by atoms with van der Waals surface area (Å²) < 4.78 is 11.0. The molecule has 11 heteroatoms. The Morgan fingerprint density at radius 1 is 1.14 bits per heavy atom. The molecule has 198 valence electrons. The molecule has 3 aliphatic heterocycles. The summed E-state index contributed by atoms with van der Waals surface area (Å²) in [5.41, 5.74) is 7.75. The molecule has 0 atom stereocenters. The fourth-order valence-electron chi connectivity index (χ4n) is 5.61. The van der Waals surface area contributed by atoms with Gasteiger partial charge in [-0.05, 0) is 42.7 Å². The lowest BCUT2D eigenvalue weighted by molar-refractivity contribution is -0.136. The topological polar surface area (TPSA) is 120 Å². The van der Waals surface area contributed by atoms with E-state index in [0.717, 1.165) is 30.0 Å². The van der Waals surface area contributed by atoms with Crippen LogP contribution in [0.25, 0.3) is 0 Å². The number of pyridine rings is 1. The number of carbonyl (C=O) groups is 2. The van der Waals surface area contributed by atoms with Crippen molar-refractivity contribution in [1.82, 2.24) is 25.6 Å². The molecule has 11 nitrogen and oxygen atoms in total. The molecular weight excluding hydrogens is 476 g/mol. The highest BCUT2D eigenvalue weighted by Gasteiger charge is 2.52. The second-order valence-electron chi connectivity index (χ2n) is 9.80. The number of carbonyl (C=O) groups excluding carboxylic acids is 2. The molecule has 3 fully saturated rings. The van der Waals surface area contributed by atoms with Crippen LogP contribution >= 0.6 is 0 Å². The SMILES string of the molecule is COc1cccc(CN2C(=O)N(c3ccc(C4CNNC4)c(OC)n3)CC23CCN(C(=O)CO)CC3)c1. The van der Waals surface area contributed by atoms with E-state index in [2.05, 4.69) is 10.9 Å². The quantitative estimate of drug-likeness (QED) is 0.507. The predicted molar refractivity (Wildman–Crippen MR) is 136 cm³/mol. The number of hydrazine groups is 1. The first-order valence-corrected chi connectivity index (χ1v) is 12.6. The van der Waals surface area contributed by atoms with Crippen LogP contribution in [0, 0.1) is 0 Å². The summed E-state index contributed by atoms with van der Waals surface area (Å²) >= 11 is 0. The van der Waals surface area contributed by atoms with E-state index < -0.39 is 12.1 Å². The minimum atomic E-state index is -0.506. The van der Waals surface area contributed by atoms with Gasteiger partial charge in [0.25, 0.3) is 0 Å². The van der Waals surface area contributed by atoms with Gasteiger partial charge < -0.3 is 24.4 Å². The zero-order valence-electron chi connectivity index (χ0n) is 21.3. The number of nitrogens with one attached hydrogen (secondary N) is 2. The van der Waals surface area contributed by atoms with Gasteiger partial charge in [0.2, 0.25) is 11.8 Å². The highest BCUT2D eigenvalue weighted by atomic mass is 16.5. The molecule has 3 N–H and O–H groups in total. The summed E-state index contributed by atoms with van der Waals surface area (Å²) in [6, 6.07) is 11.5. The van der Waals surface area contributed by atoms with Crippen LogP contribution in [0.4, 0.5) is 10.6 Å². The Balaban J connectivity index is 1.45. The lowest BCUT2D eigenvalue weighted by Gasteiger charge is -2.43. The van der Waals surface area contributed by atoms with Crippen molar-refractivity contribution in [2.24, 2.45) is 0 Å². The largest absolute Gasteiger partial charge is 0.497 e. The number of aliphatic hydroxyl groups excluding tert-OH is 1. The van der Waals surface area contributed by atoms with Crippen LogP contribution in [0.2, 0.25) is 0 Å². The first-order valence-electron chi connectivity index (χ1n) is 12.6. The molecule has 1 aromatic carbocycles. The van der Waals surface area contributed by atoms with E-state index in [-0.39, 0.29) is 17.9 Å². The van der Waals surface area contributed by atoms with Crippen molar-refractivity contribution in [1.29, 1.82) is 0 Å². The van der Waals surface area contributed by atoms with E-state index in [4.69, 9.17) is 14.5 Å². The third kappa shape index (κ3) is 4.81. The second-order valence-corrected chi connectivity index (χ2v) is 9.80. The molecule has 1 spiro atoms.